The summed E-state index contributed by atoms with van der Waals surface area (Å²) in [5, 5.41) is 5.91. The molecule has 3 aromatic rings. The van der Waals surface area contributed by atoms with Gasteiger partial charge >= 0.3 is 0 Å². The van der Waals surface area contributed by atoms with E-state index < -0.39 is 0 Å². The first-order chi connectivity index (χ1) is 16.5. The molecule has 0 radical (unpaired) electrons. The van der Waals surface area contributed by atoms with E-state index in [1.165, 1.54) is 24.0 Å². The molecule has 1 atom stereocenters. The number of aryl methyl sites for hydroxylation is 2. The predicted molar refractivity (Wildman–Crippen MR) is 132 cm³/mol. The lowest BCUT2D eigenvalue weighted by Gasteiger charge is -2.41. The number of anilines is 1. The zero-order chi connectivity index (χ0) is 23.2. The van der Waals surface area contributed by atoms with E-state index in [2.05, 4.69) is 41.8 Å². The SMILES string of the molecule is Cc1nc(N2CCO[C@@H](C)C2)cc(-n2ncc3cc(C)c(C4CCN(C5COC5)CC4)cc32)n1. The fourth-order valence-electron chi connectivity index (χ4n) is 5.67. The number of rotatable bonds is 4. The highest BCUT2D eigenvalue weighted by Gasteiger charge is 2.30. The quantitative estimate of drug-likeness (QED) is 0.590. The van der Waals surface area contributed by atoms with Crippen LogP contribution in [0.1, 0.15) is 42.6 Å². The van der Waals surface area contributed by atoms with Gasteiger partial charge in [-0.2, -0.15) is 5.10 Å². The molecule has 3 saturated heterocycles. The average Bonchev–Trinajstić information content (AvgIpc) is 3.20. The van der Waals surface area contributed by atoms with Gasteiger partial charge in [-0.25, -0.2) is 14.6 Å². The molecular weight excluding hydrogens is 428 g/mol. The Bertz CT molecular complexity index is 1180. The molecule has 5 heterocycles. The maximum atomic E-state index is 5.72. The highest BCUT2D eigenvalue weighted by molar-refractivity contribution is 5.82. The minimum atomic E-state index is 0.201. The second-order valence-corrected chi connectivity index (χ2v) is 10.1. The van der Waals surface area contributed by atoms with Gasteiger partial charge in [0.15, 0.2) is 5.82 Å². The molecule has 0 aliphatic carbocycles. The molecule has 1 aromatic carbocycles. The van der Waals surface area contributed by atoms with E-state index in [1.54, 1.807) is 0 Å². The van der Waals surface area contributed by atoms with E-state index in [-0.39, 0.29) is 6.10 Å². The monoisotopic (exact) mass is 462 g/mol. The highest BCUT2D eigenvalue weighted by Crippen LogP contribution is 2.34. The maximum absolute atomic E-state index is 5.72. The van der Waals surface area contributed by atoms with E-state index in [4.69, 9.17) is 24.5 Å². The Morgan fingerprint density at radius 1 is 0.971 bits per heavy atom. The minimum Gasteiger partial charge on any atom is -0.378 e. The van der Waals surface area contributed by atoms with Crippen LogP contribution in [0.5, 0.6) is 0 Å². The van der Waals surface area contributed by atoms with Crippen LogP contribution in [-0.2, 0) is 9.47 Å². The number of fused-ring (bicyclic) bond motifs is 1. The molecule has 3 aliphatic rings. The summed E-state index contributed by atoms with van der Waals surface area (Å²) in [7, 11) is 0. The molecular formula is C26H34N6O2. The molecule has 6 rings (SSSR count). The highest BCUT2D eigenvalue weighted by atomic mass is 16.5. The van der Waals surface area contributed by atoms with E-state index in [0.29, 0.717) is 12.0 Å². The molecule has 180 valence electrons. The molecule has 34 heavy (non-hydrogen) atoms. The molecule has 3 aliphatic heterocycles. The van der Waals surface area contributed by atoms with Crippen molar-refractivity contribution in [1.29, 1.82) is 0 Å². The summed E-state index contributed by atoms with van der Waals surface area (Å²) in [5.74, 6) is 3.12. The van der Waals surface area contributed by atoms with Gasteiger partial charge in [-0.15, -0.1) is 0 Å². The van der Waals surface area contributed by atoms with Gasteiger partial charge in [-0.3, -0.25) is 4.90 Å². The summed E-state index contributed by atoms with van der Waals surface area (Å²) in [6.07, 6.45) is 4.55. The number of likely N-dealkylation sites (tertiary alicyclic amines) is 1. The smallest absolute Gasteiger partial charge is 0.159 e. The van der Waals surface area contributed by atoms with Crippen molar-refractivity contribution in [3.05, 3.63) is 41.3 Å². The van der Waals surface area contributed by atoms with Crippen molar-refractivity contribution in [2.45, 2.75) is 51.7 Å². The van der Waals surface area contributed by atoms with Crippen LogP contribution in [0.3, 0.4) is 0 Å². The number of aromatic nitrogens is 4. The summed E-state index contributed by atoms with van der Waals surface area (Å²) in [4.78, 5) is 14.4. The number of nitrogens with zero attached hydrogens (tertiary/aromatic N) is 6. The Kier molecular flexibility index (Phi) is 5.75. The van der Waals surface area contributed by atoms with Crippen molar-refractivity contribution < 1.29 is 9.47 Å². The van der Waals surface area contributed by atoms with E-state index in [1.807, 2.05) is 17.8 Å². The molecule has 3 fully saturated rings. The third kappa shape index (κ3) is 4.08. The third-order valence-corrected chi connectivity index (χ3v) is 7.66. The van der Waals surface area contributed by atoms with E-state index in [0.717, 1.165) is 74.4 Å². The first-order valence-corrected chi connectivity index (χ1v) is 12.6. The van der Waals surface area contributed by atoms with E-state index >= 15 is 0 Å². The predicted octanol–water partition coefficient (Wildman–Crippen LogP) is 3.24. The van der Waals surface area contributed by atoms with Gasteiger partial charge < -0.3 is 14.4 Å². The molecule has 0 unspecified atom stereocenters. The van der Waals surface area contributed by atoms with Crippen LogP contribution in [0, 0.1) is 13.8 Å². The van der Waals surface area contributed by atoms with Crippen LogP contribution in [-0.4, -0.2) is 82.8 Å². The fourth-order valence-corrected chi connectivity index (χ4v) is 5.67. The molecule has 0 bridgehead atoms. The van der Waals surface area contributed by atoms with Crippen molar-refractivity contribution in [2.75, 3.05) is 50.9 Å². The molecule has 0 spiro atoms. The van der Waals surface area contributed by atoms with Crippen molar-refractivity contribution in [2.24, 2.45) is 0 Å². The number of hydrogen-bond donors (Lipinski definition) is 0. The van der Waals surface area contributed by atoms with Crippen LogP contribution in [0.2, 0.25) is 0 Å². The lowest BCUT2D eigenvalue weighted by molar-refractivity contribution is -0.0712. The standard InChI is InChI=1S/C26H34N6O2/c1-17-10-21-13-27-32(26-12-25(28-19(3)29-26)31-8-9-34-18(2)14-31)24(21)11-23(17)20-4-6-30(7-5-20)22-15-33-16-22/h10-13,18,20,22H,4-9,14-16H2,1-3H3/t18-/m0/s1. The topological polar surface area (TPSA) is 68.5 Å². The molecule has 8 nitrogen and oxygen atoms in total. The Morgan fingerprint density at radius 3 is 2.50 bits per heavy atom. The van der Waals surface area contributed by atoms with Crippen LogP contribution in [0.4, 0.5) is 5.82 Å². The minimum absolute atomic E-state index is 0.201. The van der Waals surface area contributed by atoms with Crippen molar-refractivity contribution >= 4 is 16.7 Å². The second kappa shape index (κ2) is 8.91. The van der Waals surface area contributed by atoms with Crippen molar-refractivity contribution in [3.63, 3.8) is 0 Å². The number of hydrogen-bond acceptors (Lipinski definition) is 7. The molecule has 0 amide bonds. The number of ether oxygens (including phenoxy) is 2. The van der Waals surface area contributed by atoms with Crippen LogP contribution >= 0.6 is 0 Å². The molecule has 0 saturated carbocycles. The van der Waals surface area contributed by atoms with Crippen LogP contribution < -0.4 is 4.90 Å². The lowest BCUT2D eigenvalue weighted by atomic mass is 9.85. The van der Waals surface area contributed by atoms with Gasteiger partial charge in [0.05, 0.1) is 43.7 Å². The average molecular weight is 463 g/mol. The van der Waals surface area contributed by atoms with Gasteiger partial charge in [0.25, 0.3) is 0 Å². The van der Waals surface area contributed by atoms with Crippen molar-refractivity contribution in [1.82, 2.24) is 24.6 Å². The van der Waals surface area contributed by atoms with Gasteiger partial charge in [-0.05, 0) is 75.9 Å². The number of morpholine rings is 1. The Labute approximate surface area is 200 Å². The lowest BCUT2D eigenvalue weighted by Crippen LogP contribution is -2.51. The maximum Gasteiger partial charge on any atom is 0.159 e. The fraction of sp³-hybridized carbons (Fsp3) is 0.577. The third-order valence-electron chi connectivity index (χ3n) is 7.66. The van der Waals surface area contributed by atoms with Gasteiger partial charge in [0.1, 0.15) is 11.6 Å². The van der Waals surface area contributed by atoms with Crippen LogP contribution in [0.25, 0.3) is 16.7 Å². The molecule has 0 N–H and O–H groups in total. The first kappa shape index (κ1) is 21.9. The molecule has 8 heteroatoms. The van der Waals surface area contributed by atoms with Gasteiger partial charge in [-0.1, -0.05) is 0 Å². The summed E-state index contributed by atoms with van der Waals surface area (Å²) >= 11 is 0. The first-order valence-electron chi connectivity index (χ1n) is 12.6. The Balaban J connectivity index is 1.31. The Hall–Kier alpha value is -2.55. The van der Waals surface area contributed by atoms with Crippen LogP contribution in [0.15, 0.2) is 24.4 Å². The molecule has 2 aromatic heterocycles. The zero-order valence-corrected chi connectivity index (χ0v) is 20.4. The number of piperidine rings is 1. The second-order valence-electron chi connectivity index (χ2n) is 10.1. The summed E-state index contributed by atoms with van der Waals surface area (Å²) in [6, 6.07) is 7.35. The largest absolute Gasteiger partial charge is 0.378 e. The summed E-state index contributed by atoms with van der Waals surface area (Å²) in [6.45, 7) is 12.8. The number of benzene rings is 1. The zero-order valence-electron chi connectivity index (χ0n) is 20.4. The summed E-state index contributed by atoms with van der Waals surface area (Å²) in [5.41, 5.74) is 3.93. The van der Waals surface area contributed by atoms with Crippen molar-refractivity contribution in [3.8, 4) is 5.82 Å². The summed E-state index contributed by atoms with van der Waals surface area (Å²) < 4.78 is 13.1. The van der Waals surface area contributed by atoms with Gasteiger partial charge in [0.2, 0.25) is 0 Å². The van der Waals surface area contributed by atoms with E-state index in [9.17, 15) is 0 Å². The Morgan fingerprint density at radius 2 is 1.76 bits per heavy atom. The normalized spacial score (nSPS) is 22.9. The van der Waals surface area contributed by atoms with Gasteiger partial charge in [0, 0.05) is 24.5 Å².